The highest BCUT2D eigenvalue weighted by Crippen LogP contribution is 2.33. The largest absolute Gasteiger partial charge is 0.369 e. The van der Waals surface area contributed by atoms with E-state index in [9.17, 15) is 4.79 Å². The van der Waals surface area contributed by atoms with Crippen LogP contribution in [0.4, 0.5) is 5.82 Å². The molecule has 1 aliphatic rings. The zero-order chi connectivity index (χ0) is 18.9. The molecular weight excluding hydrogens is 330 g/mol. The molecule has 0 unspecified atom stereocenters. The van der Waals surface area contributed by atoms with E-state index in [4.69, 9.17) is 9.72 Å². The number of carbonyl (C=O) groups excluding carboxylic acids is 1. The highest BCUT2D eigenvalue weighted by molar-refractivity contribution is 5.87. The number of anilines is 1. The van der Waals surface area contributed by atoms with Gasteiger partial charge in [0.15, 0.2) is 11.5 Å². The van der Waals surface area contributed by atoms with Crippen LogP contribution >= 0.6 is 0 Å². The molecule has 142 valence electrons. The Hall–Kier alpha value is -2.15. The molecule has 0 aromatic carbocycles. The summed E-state index contributed by atoms with van der Waals surface area (Å²) in [5.74, 6) is 0.824. The molecule has 0 spiro atoms. The molecule has 0 bridgehead atoms. The van der Waals surface area contributed by atoms with Gasteiger partial charge in [-0.05, 0) is 59.1 Å². The van der Waals surface area contributed by atoms with Crippen LogP contribution < -0.4 is 5.32 Å². The molecule has 1 aliphatic heterocycles. The van der Waals surface area contributed by atoms with Crippen LogP contribution in [0.2, 0.25) is 0 Å². The second-order valence-electron chi connectivity index (χ2n) is 7.73. The van der Waals surface area contributed by atoms with Crippen LogP contribution in [0.25, 0.3) is 11.0 Å². The number of aromatic nitrogens is 3. The van der Waals surface area contributed by atoms with Crippen LogP contribution in [-0.2, 0) is 9.53 Å². The first-order valence-electron chi connectivity index (χ1n) is 9.31. The lowest BCUT2D eigenvalue weighted by atomic mass is 9.95. The van der Waals surface area contributed by atoms with Crippen LogP contribution in [0.5, 0.6) is 0 Å². The zero-order valence-corrected chi connectivity index (χ0v) is 16.3. The number of H-pyrrole nitrogens is 1. The van der Waals surface area contributed by atoms with Gasteiger partial charge >= 0.3 is 0 Å². The van der Waals surface area contributed by atoms with Gasteiger partial charge in [-0.2, -0.15) is 5.10 Å². The summed E-state index contributed by atoms with van der Waals surface area (Å²) in [5, 5.41) is 11.6. The summed E-state index contributed by atoms with van der Waals surface area (Å²) >= 11 is 0. The van der Waals surface area contributed by atoms with Gasteiger partial charge in [-0.15, -0.1) is 0 Å². The minimum absolute atomic E-state index is 0.0124. The Morgan fingerprint density at radius 2 is 2.15 bits per heavy atom. The summed E-state index contributed by atoms with van der Waals surface area (Å²) in [6.07, 6.45) is 3.01. The van der Waals surface area contributed by atoms with Gasteiger partial charge in [-0.3, -0.25) is 9.89 Å². The summed E-state index contributed by atoms with van der Waals surface area (Å²) in [6.45, 7) is 8.52. The van der Waals surface area contributed by atoms with Gasteiger partial charge in [0.05, 0.1) is 17.1 Å². The molecule has 7 nitrogen and oxygen atoms in total. The van der Waals surface area contributed by atoms with Gasteiger partial charge in [0.25, 0.3) is 5.91 Å². The predicted octanol–water partition coefficient (Wildman–Crippen LogP) is 3.26. The summed E-state index contributed by atoms with van der Waals surface area (Å²) in [4.78, 5) is 19.7. The number of piperidine rings is 1. The average Bonchev–Trinajstić information content (AvgIpc) is 3.02. The third-order valence-corrected chi connectivity index (χ3v) is 5.00. The number of hydrogen-bond donors (Lipinski definition) is 2. The number of fused-ring (bicyclic) bond motifs is 1. The van der Waals surface area contributed by atoms with E-state index in [1.165, 1.54) is 0 Å². The molecule has 1 fully saturated rings. The molecule has 3 rings (SSSR count). The molecule has 1 saturated heterocycles. The first-order chi connectivity index (χ1) is 12.3. The Balaban J connectivity index is 1.91. The third kappa shape index (κ3) is 3.53. The van der Waals surface area contributed by atoms with Crippen molar-refractivity contribution in [3.63, 3.8) is 0 Å². The Morgan fingerprint density at radius 3 is 2.85 bits per heavy atom. The van der Waals surface area contributed by atoms with Crippen molar-refractivity contribution in [1.29, 1.82) is 0 Å². The fourth-order valence-electron chi connectivity index (χ4n) is 3.40. The second kappa shape index (κ2) is 7.23. The fraction of sp³-hybridized carbons (Fsp3) is 0.632. The van der Waals surface area contributed by atoms with Gasteiger partial charge in [-0.1, -0.05) is 0 Å². The summed E-state index contributed by atoms with van der Waals surface area (Å²) in [6, 6.07) is 4.31. The van der Waals surface area contributed by atoms with Gasteiger partial charge in [0.2, 0.25) is 0 Å². The standard InChI is InChI=1S/C19H29N5O2/c1-12(2)20-16-13-9-10-14(21-17(13)23-22-16)15-8-6-7-11-24(15)18(25)19(3,4)26-5/h9-10,12,15H,6-8,11H2,1-5H3,(H2,20,21,22,23)/t15-/m0/s1. The summed E-state index contributed by atoms with van der Waals surface area (Å²) < 4.78 is 5.41. The van der Waals surface area contributed by atoms with E-state index in [0.29, 0.717) is 6.04 Å². The quantitative estimate of drug-likeness (QED) is 0.856. The van der Waals surface area contributed by atoms with Crippen LogP contribution in [0.15, 0.2) is 12.1 Å². The van der Waals surface area contributed by atoms with Crippen molar-refractivity contribution in [3.8, 4) is 0 Å². The molecule has 0 saturated carbocycles. The maximum absolute atomic E-state index is 13.0. The molecule has 3 heterocycles. The number of hydrogen-bond acceptors (Lipinski definition) is 5. The van der Waals surface area contributed by atoms with E-state index in [0.717, 1.165) is 48.4 Å². The second-order valence-corrected chi connectivity index (χ2v) is 7.73. The van der Waals surface area contributed by atoms with Crippen LogP contribution in [0.1, 0.15) is 58.7 Å². The van der Waals surface area contributed by atoms with E-state index in [1.54, 1.807) is 7.11 Å². The molecule has 26 heavy (non-hydrogen) atoms. The number of aromatic amines is 1. The first-order valence-corrected chi connectivity index (χ1v) is 9.31. The maximum atomic E-state index is 13.0. The van der Waals surface area contributed by atoms with Crippen molar-refractivity contribution >= 4 is 22.8 Å². The fourth-order valence-corrected chi connectivity index (χ4v) is 3.40. The average molecular weight is 359 g/mol. The Labute approximate surface area is 154 Å². The Kier molecular flexibility index (Phi) is 5.18. The lowest BCUT2D eigenvalue weighted by molar-refractivity contribution is -0.155. The maximum Gasteiger partial charge on any atom is 0.254 e. The number of methoxy groups -OCH3 is 1. The van der Waals surface area contributed by atoms with Crippen molar-refractivity contribution in [3.05, 3.63) is 17.8 Å². The molecule has 2 N–H and O–H groups in total. The molecule has 0 aliphatic carbocycles. The van der Waals surface area contributed by atoms with Crippen molar-refractivity contribution < 1.29 is 9.53 Å². The highest BCUT2D eigenvalue weighted by Gasteiger charge is 2.37. The van der Waals surface area contributed by atoms with E-state index >= 15 is 0 Å². The number of pyridine rings is 1. The van der Waals surface area contributed by atoms with Gasteiger partial charge in [0, 0.05) is 19.7 Å². The van der Waals surface area contributed by atoms with Crippen LogP contribution in [0.3, 0.4) is 0 Å². The van der Waals surface area contributed by atoms with Crippen molar-refractivity contribution in [2.75, 3.05) is 19.0 Å². The molecule has 2 aromatic rings. The van der Waals surface area contributed by atoms with Gasteiger partial charge in [-0.25, -0.2) is 4.98 Å². The van der Waals surface area contributed by atoms with Crippen LogP contribution in [-0.4, -0.2) is 51.3 Å². The number of amides is 1. The molecule has 2 aromatic heterocycles. The highest BCUT2D eigenvalue weighted by atomic mass is 16.5. The summed E-state index contributed by atoms with van der Waals surface area (Å²) in [5.41, 5.74) is 0.814. The van der Waals surface area contributed by atoms with Crippen molar-refractivity contribution in [2.45, 2.75) is 64.6 Å². The number of likely N-dealkylation sites (tertiary alicyclic amines) is 1. The number of carbonyl (C=O) groups is 1. The lowest BCUT2D eigenvalue weighted by Crippen LogP contribution is -2.49. The smallest absolute Gasteiger partial charge is 0.254 e. The number of nitrogens with zero attached hydrogens (tertiary/aromatic N) is 3. The molecule has 1 atom stereocenters. The van der Waals surface area contributed by atoms with Gasteiger partial charge < -0.3 is 15.0 Å². The normalized spacial score (nSPS) is 18.5. The monoisotopic (exact) mass is 359 g/mol. The molecule has 0 radical (unpaired) electrons. The topological polar surface area (TPSA) is 83.1 Å². The zero-order valence-electron chi connectivity index (χ0n) is 16.3. The van der Waals surface area contributed by atoms with E-state index in [-0.39, 0.29) is 11.9 Å². The third-order valence-electron chi connectivity index (χ3n) is 5.00. The van der Waals surface area contributed by atoms with Crippen LogP contribution in [0, 0.1) is 0 Å². The van der Waals surface area contributed by atoms with E-state index < -0.39 is 5.60 Å². The Bertz CT molecular complexity index is 783. The van der Waals surface area contributed by atoms with Crippen molar-refractivity contribution in [2.24, 2.45) is 0 Å². The van der Waals surface area contributed by atoms with E-state index in [1.807, 2.05) is 30.9 Å². The Morgan fingerprint density at radius 1 is 1.38 bits per heavy atom. The number of ether oxygens (including phenoxy) is 1. The predicted molar refractivity (Wildman–Crippen MR) is 102 cm³/mol. The molecule has 7 heteroatoms. The summed E-state index contributed by atoms with van der Waals surface area (Å²) in [7, 11) is 1.58. The minimum atomic E-state index is -0.831. The first kappa shape index (κ1) is 18.6. The lowest BCUT2D eigenvalue weighted by Gasteiger charge is -2.39. The SMILES string of the molecule is COC(C)(C)C(=O)N1CCCC[C@H]1c1ccc2c(NC(C)C)n[nH]c2n1. The molecule has 1 amide bonds. The van der Waals surface area contributed by atoms with Gasteiger partial charge in [0.1, 0.15) is 5.60 Å². The number of nitrogens with one attached hydrogen (secondary N) is 2. The minimum Gasteiger partial charge on any atom is -0.369 e. The van der Waals surface area contributed by atoms with E-state index in [2.05, 4.69) is 29.4 Å². The van der Waals surface area contributed by atoms with Crippen molar-refractivity contribution in [1.82, 2.24) is 20.1 Å². The number of rotatable bonds is 5. The molecular formula is C19H29N5O2.